The maximum atomic E-state index is 11.9. The molecule has 22 heavy (non-hydrogen) atoms. The van der Waals surface area contributed by atoms with E-state index in [0.717, 1.165) is 40.0 Å². The third-order valence-corrected chi connectivity index (χ3v) is 4.64. The normalized spacial score (nSPS) is 14.5. The lowest BCUT2D eigenvalue weighted by molar-refractivity contribution is -0.122. The fraction of sp³-hybridized carbons (Fsp3) is 0.353. The largest absolute Gasteiger partial charge is 0.326 e. The molecule has 0 spiro atoms. The Morgan fingerprint density at radius 2 is 1.77 bits per heavy atom. The monoisotopic (exact) mass is 313 g/mol. The molecule has 4 nitrogen and oxygen atoms in total. The zero-order chi connectivity index (χ0) is 15.5. The SMILES string of the molecule is Cc1cc(C)nc(Sc2ccc(NC(=O)C3CCC3)cc2)n1. The van der Waals surface area contributed by atoms with Gasteiger partial charge in [-0.1, -0.05) is 6.42 Å². The molecule has 0 aliphatic heterocycles. The summed E-state index contributed by atoms with van der Waals surface area (Å²) in [4.78, 5) is 21.8. The Balaban J connectivity index is 1.64. The summed E-state index contributed by atoms with van der Waals surface area (Å²) in [5.41, 5.74) is 2.79. The second kappa shape index (κ2) is 6.48. The highest BCUT2D eigenvalue weighted by Crippen LogP contribution is 2.29. The van der Waals surface area contributed by atoms with E-state index in [-0.39, 0.29) is 11.8 Å². The van der Waals surface area contributed by atoms with Gasteiger partial charge in [-0.15, -0.1) is 0 Å². The van der Waals surface area contributed by atoms with Crippen LogP contribution in [0.5, 0.6) is 0 Å². The molecule has 0 unspecified atom stereocenters. The maximum Gasteiger partial charge on any atom is 0.227 e. The molecule has 0 radical (unpaired) electrons. The topological polar surface area (TPSA) is 54.9 Å². The van der Waals surface area contributed by atoms with Crippen molar-refractivity contribution in [1.82, 2.24) is 9.97 Å². The molecular formula is C17H19N3OS. The molecule has 0 atom stereocenters. The molecule has 1 heterocycles. The first-order chi connectivity index (χ1) is 10.6. The molecule has 0 bridgehead atoms. The number of carbonyl (C=O) groups excluding carboxylic acids is 1. The molecule has 1 aliphatic rings. The van der Waals surface area contributed by atoms with Crippen molar-refractivity contribution in [1.29, 1.82) is 0 Å². The second-order valence-corrected chi connectivity index (χ2v) is 6.72. The molecule has 114 valence electrons. The van der Waals surface area contributed by atoms with Crippen LogP contribution in [0.1, 0.15) is 30.7 Å². The number of rotatable bonds is 4. The highest BCUT2D eigenvalue weighted by atomic mass is 32.2. The van der Waals surface area contributed by atoms with E-state index in [4.69, 9.17) is 0 Å². The van der Waals surface area contributed by atoms with Gasteiger partial charge in [0.1, 0.15) is 0 Å². The van der Waals surface area contributed by atoms with Crippen molar-refractivity contribution in [3.05, 3.63) is 41.7 Å². The summed E-state index contributed by atoms with van der Waals surface area (Å²) in [7, 11) is 0. The minimum atomic E-state index is 0.143. The number of carbonyl (C=O) groups is 1. The maximum absolute atomic E-state index is 11.9. The first-order valence-corrected chi connectivity index (χ1v) is 8.33. The number of nitrogens with zero attached hydrogens (tertiary/aromatic N) is 2. The van der Waals surface area contributed by atoms with E-state index in [1.54, 1.807) is 0 Å². The van der Waals surface area contributed by atoms with Gasteiger partial charge in [0.05, 0.1) is 0 Å². The highest BCUT2D eigenvalue weighted by molar-refractivity contribution is 7.99. The average Bonchev–Trinajstić information content (AvgIpc) is 2.37. The molecule has 1 saturated carbocycles. The number of nitrogens with one attached hydrogen (secondary N) is 1. The third kappa shape index (κ3) is 3.65. The van der Waals surface area contributed by atoms with E-state index in [2.05, 4.69) is 15.3 Å². The molecular weight excluding hydrogens is 294 g/mol. The lowest BCUT2D eigenvalue weighted by atomic mass is 9.85. The molecule has 1 aromatic carbocycles. The van der Waals surface area contributed by atoms with Gasteiger partial charge >= 0.3 is 0 Å². The minimum absolute atomic E-state index is 0.143. The van der Waals surface area contributed by atoms with Gasteiger partial charge in [0, 0.05) is 27.9 Å². The summed E-state index contributed by atoms with van der Waals surface area (Å²) >= 11 is 1.53. The molecule has 1 aliphatic carbocycles. The number of amides is 1. The van der Waals surface area contributed by atoms with E-state index in [1.165, 1.54) is 18.2 Å². The Kier molecular flexibility index (Phi) is 4.43. The van der Waals surface area contributed by atoms with Gasteiger partial charge in [-0.25, -0.2) is 9.97 Å². The molecule has 1 amide bonds. The van der Waals surface area contributed by atoms with Crippen LogP contribution in [0.2, 0.25) is 0 Å². The van der Waals surface area contributed by atoms with Gasteiger partial charge in [-0.05, 0) is 68.8 Å². The molecule has 3 rings (SSSR count). The number of benzene rings is 1. The zero-order valence-electron chi connectivity index (χ0n) is 12.8. The Labute approximate surface area is 134 Å². The number of hydrogen-bond donors (Lipinski definition) is 1. The van der Waals surface area contributed by atoms with E-state index < -0.39 is 0 Å². The number of anilines is 1. The van der Waals surface area contributed by atoms with Gasteiger partial charge in [-0.2, -0.15) is 0 Å². The van der Waals surface area contributed by atoms with Crippen LogP contribution in [-0.2, 0) is 4.79 Å². The van der Waals surface area contributed by atoms with Crippen molar-refractivity contribution in [2.75, 3.05) is 5.32 Å². The van der Waals surface area contributed by atoms with E-state index in [0.29, 0.717) is 0 Å². The Morgan fingerprint density at radius 1 is 1.14 bits per heavy atom. The molecule has 2 aromatic rings. The van der Waals surface area contributed by atoms with E-state index >= 15 is 0 Å². The van der Waals surface area contributed by atoms with E-state index in [1.807, 2.05) is 44.2 Å². The Hall–Kier alpha value is -1.88. The second-order valence-electron chi connectivity index (χ2n) is 5.68. The van der Waals surface area contributed by atoms with Crippen LogP contribution in [0.25, 0.3) is 0 Å². The van der Waals surface area contributed by atoms with Crippen molar-refractivity contribution in [3.63, 3.8) is 0 Å². The van der Waals surface area contributed by atoms with Gasteiger partial charge in [0.25, 0.3) is 0 Å². The number of hydrogen-bond acceptors (Lipinski definition) is 4. The predicted molar refractivity (Wildman–Crippen MR) is 88.0 cm³/mol. The number of aromatic nitrogens is 2. The standard InChI is InChI=1S/C17H19N3OS/c1-11-10-12(2)19-17(18-11)22-15-8-6-14(7-9-15)20-16(21)13-4-3-5-13/h6-10,13H,3-5H2,1-2H3,(H,20,21). The van der Waals surface area contributed by atoms with Crippen LogP contribution in [0.4, 0.5) is 5.69 Å². The van der Waals surface area contributed by atoms with Gasteiger partial charge in [-0.3, -0.25) is 4.79 Å². The quantitative estimate of drug-likeness (QED) is 0.867. The van der Waals surface area contributed by atoms with Crippen molar-refractivity contribution >= 4 is 23.4 Å². The van der Waals surface area contributed by atoms with Gasteiger partial charge < -0.3 is 5.32 Å². The summed E-state index contributed by atoms with van der Waals surface area (Å²) in [6.45, 7) is 3.94. The summed E-state index contributed by atoms with van der Waals surface area (Å²) in [5, 5.41) is 3.73. The smallest absolute Gasteiger partial charge is 0.227 e. The van der Waals surface area contributed by atoms with Crippen LogP contribution in [-0.4, -0.2) is 15.9 Å². The van der Waals surface area contributed by atoms with Crippen molar-refractivity contribution < 1.29 is 4.79 Å². The highest BCUT2D eigenvalue weighted by Gasteiger charge is 2.24. The van der Waals surface area contributed by atoms with Crippen molar-refractivity contribution in [3.8, 4) is 0 Å². The first kappa shape index (κ1) is 15.0. The third-order valence-electron chi connectivity index (χ3n) is 3.77. The average molecular weight is 313 g/mol. The molecule has 1 fully saturated rings. The summed E-state index contributed by atoms with van der Waals surface area (Å²) in [6.07, 6.45) is 3.21. The summed E-state index contributed by atoms with van der Waals surface area (Å²) in [5.74, 6) is 0.349. The summed E-state index contributed by atoms with van der Waals surface area (Å²) in [6, 6.07) is 9.80. The van der Waals surface area contributed by atoms with Crippen LogP contribution in [0.3, 0.4) is 0 Å². The lowest BCUT2D eigenvalue weighted by Gasteiger charge is -2.24. The van der Waals surface area contributed by atoms with Crippen LogP contribution < -0.4 is 5.32 Å². The van der Waals surface area contributed by atoms with Crippen LogP contribution in [0.15, 0.2) is 40.4 Å². The first-order valence-electron chi connectivity index (χ1n) is 7.51. The Bertz CT molecular complexity index is 661. The minimum Gasteiger partial charge on any atom is -0.326 e. The fourth-order valence-electron chi connectivity index (χ4n) is 2.37. The van der Waals surface area contributed by atoms with Crippen LogP contribution >= 0.6 is 11.8 Å². The molecule has 1 aromatic heterocycles. The predicted octanol–water partition coefficient (Wildman–Crippen LogP) is 3.98. The number of aryl methyl sites for hydroxylation is 2. The lowest BCUT2D eigenvalue weighted by Crippen LogP contribution is -2.27. The van der Waals surface area contributed by atoms with Gasteiger partial charge in [0.15, 0.2) is 5.16 Å². The zero-order valence-corrected chi connectivity index (χ0v) is 13.6. The van der Waals surface area contributed by atoms with Crippen molar-refractivity contribution in [2.24, 2.45) is 5.92 Å². The van der Waals surface area contributed by atoms with Gasteiger partial charge in [0.2, 0.25) is 5.91 Å². The van der Waals surface area contributed by atoms with Crippen molar-refractivity contribution in [2.45, 2.75) is 43.2 Å². The summed E-state index contributed by atoms with van der Waals surface area (Å²) < 4.78 is 0. The van der Waals surface area contributed by atoms with Crippen LogP contribution in [0, 0.1) is 19.8 Å². The fourth-order valence-corrected chi connectivity index (χ4v) is 3.23. The molecule has 1 N–H and O–H groups in total. The Morgan fingerprint density at radius 3 is 2.32 bits per heavy atom. The molecule has 5 heteroatoms. The molecule has 0 saturated heterocycles. The van der Waals surface area contributed by atoms with E-state index in [9.17, 15) is 4.79 Å².